The Labute approximate surface area is 165 Å². The zero-order chi connectivity index (χ0) is 18.8. The highest BCUT2D eigenvalue weighted by Gasteiger charge is 2.32. The standard InChI is InChI=1S/C21H28N4OS/c1-15-4-3-5-19(16(15)2)25-13-10-22-21(25)27-14-20(26)23-17-8-11-24(12-9-17)18-6-7-18/h3-5,10,13,17-18H,6-9,11-12,14H2,1-2H3,(H,23,26). The number of carbonyl (C=O) groups is 1. The fourth-order valence-electron chi connectivity index (χ4n) is 3.82. The Hall–Kier alpha value is -1.79. The molecule has 5 nitrogen and oxygen atoms in total. The molecule has 2 aromatic rings. The summed E-state index contributed by atoms with van der Waals surface area (Å²) in [4.78, 5) is 19.5. The summed E-state index contributed by atoms with van der Waals surface area (Å²) >= 11 is 1.50. The first-order valence-electron chi connectivity index (χ1n) is 9.88. The number of nitrogens with zero attached hydrogens (tertiary/aromatic N) is 3. The molecule has 1 aromatic carbocycles. The van der Waals surface area contributed by atoms with Gasteiger partial charge in [-0.25, -0.2) is 4.98 Å². The number of nitrogens with one attached hydrogen (secondary N) is 1. The number of imidazole rings is 1. The smallest absolute Gasteiger partial charge is 0.230 e. The molecule has 1 N–H and O–H groups in total. The Morgan fingerprint density at radius 3 is 2.74 bits per heavy atom. The van der Waals surface area contributed by atoms with E-state index in [1.165, 1.54) is 35.7 Å². The first kappa shape index (κ1) is 18.6. The fourth-order valence-corrected chi connectivity index (χ4v) is 4.60. The van der Waals surface area contributed by atoms with E-state index in [2.05, 4.69) is 51.8 Å². The summed E-state index contributed by atoms with van der Waals surface area (Å²) in [7, 11) is 0. The van der Waals surface area contributed by atoms with Crippen LogP contribution < -0.4 is 5.32 Å². The minimum atomic E-state index is 0.111. The van der Waals surface area contributed by atoms with Crippen molar-refractivity contribution in [2.45, 2.75) is 56.8 Å². The van der Waals surface area contributed by atoms with Crippen LogP contribution in [0.3, 0.4) is 0 Å². The van der Waals surface area contributed by atoms with Gasteiger partial charge in [-0.2, -0.15) is 0 Å². The molecule has 6 heteroatoms. The minimum absolute atomic E-state index is 0.111. The molecular formula is C21H28N4OS. The quantitative estimate of drug-likeness (QED) is 0.776. The van der Waals surface area contributed by atoms with Crippen molar-refractivity contribution in [3.63, 3.8) is 0 Å². The summed E-state index contributed by atoms with van der Waals surface area (Å²) in [6, 6.07) is 7.44. The second kappa shape index (κ2) is 8.07. The van der Waals surface area contributed by atoms with Crippen molar-refractivity contribution in [2.75, 3.05) is 18.8 Å². The van der Waals surface area contributed by atoms with Gasteiger partial charge in [-0.05, 0) is 56.7 Å². The topological polar surface area (TPSA) is 50.2 Å². The second-order valence-corrected chi connectivity index (χ2v) is 8.64. The number of hydrogen-bond donors (Lipinski definition) is 1. The van der Waals surface area contributed by atoms with E-state index in [-0.39, 0.29) is 5.91 Å². The van der Waals surface area contributed by atoms with Gasteiger partial charge in [0.25, 0.3) is 0 Å². The Kier molecular flexibility index (Phi) is 5.55. The number of aromatic nitrogens is 2. The average molecular weight is 385 g/mol. The van der Waals surface area contributed by atoms with Crippen molar-refractivity contribution in [1.29, 1.82) is 0 Å². The highest BCUT2D eigenvalue weighted by molar-refractivity contribution is 7.99. The maximum absolute atomic E-state index is 12.4. The Morgan fingerprint density at radius 1 is 1.22 bits per heavy atom. The highest BCUT2D eigenvalue weighted by atomic mass is 32.2. The van der Waals surface area contributed by atoms with Crippen LogP contribution in [0.5, 0.6) is 0 Å². The van der Waals surface area contributed by atoms with Gasteiger partial charge in [0.2, 0.25) is 5.91 Å². The Morgan fingerprint density at radius 2 is 2.00 bits per heavy atom. The third-order valence-electron chi connectivity index (χ3n) is 5.73. The van der Waals surface area contributed by atoms with Gasteiger partial charge in [-0.15, -0.1) is 0 Å². The fraction of sp³-hybridized carbons (Fsp3) is 0.524. The van der Waals surface area contributed by atoms with Crippen molar-refractivity contribution in [1.82, 2.24) is 19.8 Å². The van der Waals surface area contributed by atoms with Crippen molar-refractivity contribution in [3.05, 3.63) is 41.7 Å². The Bertz CT molecular complexity index is 806. The van der Waals surface area contributed by atoms with E-state index in [1.54, 1.807) is 6.20 Å². The number of benzene rings is 1. The lowest BCUT2D eigenvalue weighted by Gasteiger charge is -2.32. The van der Waals surface area contributed by atoms with Crippen LogP contribution in [0.25, 0.3) is 5.69 Å². The van der Waals surface area contributed by atoms with Crippen LogP contribution in [-0.2, 0) is 4.79 Å². The van der Waals surface area contributed by atoms with Gasteiger partial charge in [0, 0.05) is 37.6 Å². The highest BCUT2D eigenvalue weighted by Crippen LogP contribution is 2.29. The van der Waals surface area contributed by atoms with E-state index in [9.17, 15) is 4.79 Å². The SMILES string of the molecule is Cc1cccc(-n2ccnc2SCC(=O)NC2CCN(C3CC3)CC2)c1C. The van der Waals surface area contributed by atoms with E-state index < -0.39 is 0 Å². The van der Waals surface area contributed by atoms with Crippen LogP contribution in [0.2, 0.25) is 0 Å². The number of likely N-dealkylation sites (tertiary alicyclic amines) is 1. The number of piperidine rings is 1. The predicted molar refractivity (Wildman–Crippen MR) is 110 cm³/mol. The van der Waals surface area contributed by atoms with E-state index in [1.807, 2.05) is 6.20 Å². The number of thioether (sulfide) groups is 1. The molecule has 0 bridgehead atoms. The van der Waals surface area contributed by atoms with Gasteiger partial charge >= 0.3 is 0 Å². The number of rotatable bonds is 6. The lowest BCUT2D eigenvalue weighted by Crippen LogP contribution is -2.45. The molecule has 0 spiro atoms. The zero-order valence-corrected chi connectivity index (χ0v) is 17.0. The van der Waals surface area contributed by atoms with Crippen molar-refractivity contribution in [3.8, 4) is 5.69 Å². The molecule has 2 aliphatic rings. The van der Waals surface area contributed by atoms with E-state index in [0.29, 0.717) is 11.8 Å². The first-order valence-corrected chi connectivity index (χ1v) is 10.9. The van der Waals surface area contributed by atoms with Gasteiger partial charge < -0.3 is 10.2 Å². The van der Waals surface area contributed by atoms with Gasteiger partial charge in [0.15, 0.2) is 5.16 Å². The van der Waals surface area contributed by atoms with Crippen LogP contribution in [-0.4, -0.2) is 51.3 Å². The molecule has 2 heterocycles. The van der Waals surface area contributed by atoms with Crippen molar-refractivity contribution >= 4 is 17.7 Å². The first-order chi connectivity index (χ1) is 13.1. The summed E-state index contributed by atoms with van der Waals surface area (Å²) in [5, 5.41) is 4.08. The average Bonchev–Trinajstić information content (AvgIpc) is 3.41. The summed E-state index contributed by atoms with van der Waals surface area (Å²) in [5.41, 5.74) is 3.62. The molecule has 2 fully saturated rings. The molecule has 0 radical (unpaired) electrons. The van der Waals surface area contributed by atoms with Crippen LogP contribution in [0.4, 0.5) is 0 Å². The number of hydrogen-bond acceptors (Lipinski definition) is 4. The lowest BCUT2D eigenvalue weighted by atomic mass is 10.1. The normalized spacial score (nSPS) is 18.6. The molecule has 1 aliphatic carbocycles. The van der Waals surface area contributed by atoms with Gasteiger partial charge in [0.05, 0.1) is 11.4 Å². The second-order valence-electron chi connectivity index (χ2n) is 7.70. The third kappa shape index (κ3) is 4.38. The lowest BCUT2D eigenvalue weighted by molar-refractivity contribution is -0.119. The van der Waals surface area contributed by atoms with E-state index in [0.717, 1.165) is 42.8 Å². The summed E-state index contributed by atoms with van der Waals surface area (Å²) in [5.74, 6) is 0.519. The molecule has 4 rings (SSSR count). The largest absolute Gasteiger partial charge is 0.353 e. The van der Waals surface area contributed by atoms with Gasteiger partial charge in [0.1, 0.15) is 0 Å². The summed E-state index contributed by atoms with van der Waals surface area (Å²) in [6.07, 6.45) is 8.64. The van der Waals surface area contributed by atoms with Crippen molar-refractivity contribution < 1.29 is 4.79 Å². The number of aryl methyl sites for hydroxylation is 1. The molecule has 1 aliphatic heterocycles. The molecule has 27 heavy (non-hydrogen) atoms. The Balaban J connectivity index is 1.31. The number of amides is 1. The van der Waals surface area contributed by atoms with Crippen LogP contribution in [0.15, 0.2) is 35.7 Å². The van der Waals surface area contributed by atoms with Crippen LogP contribution in [0.1, 0.15) is 36.8 Å². The molecule has 1 aromatic heterocycles. The monoisotopic (exact) mass is 384 g/mol. The molecule has 0 unspecified atom stereocenters. The van der Waals surface area contributed by atoms with E-state index in [4.69, 9.17) is 0 Å². The maximum Gasteiger partial charge on any atom is 0.230 e. The maximum atomic E-state index is 12.4. The van der Waals surface area contributed by atoms with Crippen molar-refractivity contribution in [2.24, 2.45) is 0 Å². The van der Waals surface area contributed by atoms with E-state index >= 15 is 0 Å². The molecule has 0 atom stereocenters. The third-order valence-corrected chi connectivity index (χ3v) is 6.70. The molecule has 1 saturated heterocycles. The summed E-state index contributed by atoms with van der Waals surface area (Å²) < 4.78 is 2.08. The molecule has 1 saturated carbocycles. The van der Waals surface area contributed by atoms with Crippen LogP contribution in [0, 0.1) is 13.8 Å². The predicted octanol–water partition coefficient (Wildman–Crippen LogP) is 3.32. The van der Waals surface area contributed by atoms with Gasteiger partial charge in [-0.3, -0.25) is 9.36 Å². The number of carbonyl (C=O) groups excluding carboxylic acids is 1. The molecular weight excluding hydrogens is 356 g/mol. The van der Waals surface area contributed by atoms with Crippen LogP contribution >= 0.6 is 11.8 Å². The zero-order valence-electron chi connectivity index (χ0n) is 16.1. The van der Waals surface area contributed by atoms with Gasteiger partial charge in [-0.1, -0.05) is 23.9 Å². The minimum Gasteiger partial charge on any atom is -0.353 e. The molecule has 144 valence electrons. The molecule has 1 amide bonds. The summed E-state index contributed by atoms with van der Waals surface area (Å²) in [6.45, 7) is 6.49.